The minimum atomic E-state index is 0.832. The van der Waals surface area contributed by atoms with Gasteiger partial charge in [0.25, 0.3) is 0 Å². The number of nitrogens with zero attached hydrogens (tertiary/aromatic N) is 4. The third-order valence-electron chi connectivity index (χ3n) is 2.97. The number of benzene rings is 1. The molecular formula is C11H9N5S. The van der Waals surface area contributed by atoms with Crippen LogP contribution >= 0.6 is 11.3 Å². The van der Waals surface area contributed by atoms with Gasteiger partial charge in [-0.25, -0.2) is 0 Å². The lowest BCUT2D eigenvalue weighted by atomic mass is 10.1. The van der Waals surface area contributed by atoms with Gasteiger partial charge in [-0.2, -0.15) is 9.61 Å². The van der Waals surface area contributed by atoms with Crippen molar-refractivity contribution in [2.75, 3.05) is 0 Å². The molecule has 17 heavy (non-hydrogen) atoms. The maximum Gasteiger partial charge on any atom is 0.234 e. The Morgan fingerprint density at radius 3 is 3.12 bits per heavy atom. The van der Waals surface area contributed by atoms with Gasteiger partial charge in [0.05, 0.1) is 0 Å². The molecule has 1 N–H and O–H groups in total. The topological polar surface area (TPSA) is 55.1 Å². The van der Waals surface area contributed by atoms with E-state index < -0.39 is 0 Å². The molecule has 0 unspecified atom stereocenters. The van der Waals surface area contributed by atoms with E-state index in [1.807, 2.05) is 0 Å². The van der Waals surface area contributed by atoms with Gasteiger partial charge in [0.1, 0.15) is 11.3 Å². The molecule has 0 saturated heterocycles. The second-order valence-electron chi connectivity index (χ2n) is 4.05. The first-order chi connectivity index (χ1) is 8.40. The zero-order valence-electron chi connectivity index (χ0n) is 8.92. The molecule has 0 saturated carbocycles. The van der Waals surface area contributed by atoms with Crippen molar-refractivity contribution in [2.24, 2.45) is 0 Å². The Hall–Kier alpha value is -1.79. The monoisotopic (exact) mass is 243 g/mol. The van der Waals surface area contributed by atoms with E-state index >= 15 is 0 Å². The van der Waals surface area contributed by atoms with Crippen molar-refractivity contribution in [1.29, 1.82) is 0 Å². The molecule has 84 valence electrons. The van der Waals surface area contributed by atoms with Gasteiger partial charge < -0.3 is 5.32 Å². The smallest absolute Gasteiger partial charge is 0.234 e. The lowest BCUT2D eigenvalue weighted by Crippen LogP contribution is -1.99. The van der Waals surface area contributed by atoms with Crippen LogP contribution < -0.4 is 5.32 Å². The molecule has 1 aliphatic rings. The van der Waals surface area contributed by atoms with Crippen molar-refractivity contribution in [3.63, 3.8) is 0 Å². The highest BCUT2D eigenvalue weighted by molar-refractivity contribution is 7.19. The summed E-state index contributed by atoms with van der Waals surface area (Å²) in [6.45, 7) is 1.92. The lowest BCUT2D eigenvalue weighted by molar-refractivity contribution is 0.765. The van der Waals surface area contributed by atoms with Gasteiger partial charge >= 0.3 is 0 Å². The molecule has 6 heteroatoms. The highest BCUT2D eigenvalue weighted by Crippen LogP contribution is 2.27. The Morgan fingerprint density at radius 1 is 1.24 bits per heavy atom. The SMILES string of the molecule is c1cc2c(cc1-c1nn3cnnc3s1)CNC2. The minimum Gasteiger partial charge on any atom is -0.309 e. The highest BCUT2D eigenvalue weighted by Gasteiger charge is 2.13. The molecule has 1 aromatic carbocycles. The normalized spacial score (nSPS) is 14.4. The molecule has 0 bridgehead atoms. The van der Waals surface area contributed by atoms with Crippen LogP contribution in [0.3, 0.4) is 0 Å². The quantitative estimate of drug-likeness (QED) is 0.703. The lowest BCUT2D eigenvalue weighted by Gasteiger charge is -2.00. The molecule has 5 nitrogen and oxygen atoms in total. The first-order valence-corrected chi connectivity index (χ1v) is 6.21. The number of nitrogens with one attached hydrogen (secondary N) is 1. The predicted octanol–water partition coefficient (Wildman–Crippen LogP) is 1.46. The van der Waals surface area contributed by atoms with Crippen molar-refractivity contribution in [3.05, 3.63) is 35.7 Å². The Morgan fingerprint density at radius 2 is 2.18 bits per heavy atom. The summed E-state index contributed by atoms with van der Waals surface area (Å²) in [6.07, 6.45) is 1.63. The number of hydrogen-bond donors (Lipinski definition) is 1. The predicted molar refractivity (Wildman–Crippen MR) is 64.6 cm³/mol. The minimum absolute atomic E-state index is 0.832. The zero-order chi connectivity index (χ0) is 11.2. The highest BCUT2D eigenvalue weighted by atomic mass is 32.1. The summed E-state index contributed by atoms with van der Waals surface area (Å²) in [5.41, 5.74) is 3.91. The average Bonchev–Trinajstić information content (AvgIpc) is 3.02. The summed E-state index contributed by atoms with van der Waals surface area (Å²) in [7, 11) is 0. The Balaban J connectivity index is 1.86. The van der Waals surface area contributed by atoms with Gasteiger partial charge in [0.2, 0.25) is 4.96 Å². The van der Waals surface area contributed by atoms with E-state index in [1.165, 1.54) is 11.1 Å². The first kappa shape index (κ1) is 9.26. The number of hydrogen-bond acceptors (Lipinski definition) is 5. The van der Waals surface area contributed by atoms with E-state index in [4.69, 9.17) is 0 Å². The molecule has 3 heterocycles. The van der Waals surface area contributed by atoms with E-state index in [1.54, 1.807) is 22.2 Å². The molecule has 4 rings (SSSR count). The summed E-state index contributed by atoms with van der Waals surface area (Å²) in [4.78, 5) is 0.832. The second kappa shape index (κ2) is 3.35. The standard InChI is InChI=1S/C11H9N5S/c1-2-8-4-12-5-9(8)3-7(1)10-15-16-6-13-14-11(16)17-10/h1-3,6,12H,4-5H2. The van der Waals surface area contributed by atoms with Gasteiger partial charge in [0.15, 0.2) is 0 Å². The molecule has 3 aromatic rings. The molecular weight excluding hydrogens is 234 g/mol. The van der Waals surface area contributed by atoms with Gasteiger partial charge in [-0.05, 0) is 17.2 Å². The van der Waals surface area contributed by atoms with Crippen molar-refractivity contribution in [3.8, 4) is 10.6 Å². The largest absolute Gasteiger partial charge is 0.309 e. The van der Waals surface area contributed by atoms with Crippen LogP contribution in [0.2, 0.25) is 0 Å². The van der Waals surface area contributed by atoms with Gasteiger partial charge in [-0.3, -0.25) is 0 Å². The van der Waals surface area contributed by atoms with E-state index in [0.717, 1.165) is 28.6 Å². The van der Waals surface area contributed by atoms with Crippen molar-refractivity contribution < 1.29 is 0 Å². The van der Waals surface area contributed by atoms with Crippen LogP contribution in [0.5, 0.6) is 0 Å². The van der Waals surface area contributed by atoms with Crippen molar-refractivity contribution in [1.82, 2.24) is 25.1 Å². The molecule has 0 atom stereocenters. The first-order valence-electron chi connectivity index (χ1n) is 5.40. The maximum absolute atomic E-state index is 4.46. The average molecular weight is 243 g/mol. The molecule has 0 spiro atoms. The summed E-state index contributed by atoms with van der Waals surface area (Å²) in [5.74, 6) is 0. The molecule has 0 radical (unpaired) electrons. The number of fused-ring (bicyclic) bond motifs is 2. The molecule has 1 aliphatic heterocycles. The zero-order valence-corrected chi connectivity index (χ0v) is 9.74. The number of rotatable bonds is 1. The van der Waals surface area contributed by atoms with Crippen LogP contribution in [0, 0.1) is 0 Å². The Labute approximate surface area is 101 Å². The fourth-order valence-corrected chi connectivity index (χ4v) is 2.92. The second-order valence-corrected chi connectivity index (χ2v) is 5.01. The van der Waals surface area contributed by atoms with Gasteiger partial charge in [0, 0.05) is 18.7 Å². The van der Waals surface area contributed by atoms with Crippen molar-refractivity contribution in [2.45, 2.75) is 13.1 Å². The van der Waals surface area contributed by atoms with Gasteiger partial charge in [-0.15, -0.1) is 10.2 Å². The molecule has 2 aromatic heterocycles. The molecule has 0 fully saturated rings. The van der Waals surface area contributed by atoms with Gasteiger partial charge in [-0.1, -0.05) is 23.5 Å². The Bertz CT molecular complexity index is 670. The Kier molecular flexibility index (Phi) is 1.82. The van der Waals surface area contributed by atoms with Crippen molar-refractivity contribution >= 4 is 16.3 Å². The summed E-state index contributed by atoms with van der Waals surface area (Å²) < 4.78 is 1.71. The van der Waals surface area contributed by atoms with Crippen LogP contribution in [0.1, 0.15) is 11.1 Å². The summed E-state index contributed by atoms with van der Waals surface area (Å²) in [5, 5.41) is 16.6. The fraction of sp³-hybridized carbons (Fsp3) is 0.182. The van der Waals surface area contributed by atoms with E-state index in [9.17, 15) is 0 Å². The van der Waals surface area contributed by atoms with Crippen LogP contribution in [0.25, 0.3) is 15.5 Å². The third-order valence-corrected chi connectivity index (χ3v) is 3.93. The number of aromatic nitrogens is 4. The van der Waals surface area contributed by atoms with Crippen LogP contribution in [0.4, 0.5) is 0 Å². The van der Waals surface area contributed by atoms with E-state index in [0.29, 0.717) is 0 Å². The van der Waals surface area contributed by atoms with Crippen LogP contribution in [0.15, 0.2) is 24.5 Å². The third kappa shape index (κ3) is 1.38. The van der Waals surface area contributed by atoms with E-state index in [2.05, 4.69) is 38.8 Å². The van der Waals surface area contributed by atoms with Crippen LogP contribution in [-0.4, -0.2) is 19.8 Å². The summed E-state index contributed by atoms with van der Waals surface area (Å²) >= 11 is 1.56. The molecule has 0 aliphatic carbocycles. The maximum atomic E-state index is 4.46. The van der Waals surface area contributed by atoms with Crippen LogP contribution in [-0.2, 0) is 13.1 Å². The fourth-order valence-electron chi connectivity index (χ4n) is 2.10. The molecule has 0 amide bonds. The summed E-state index contributed by atoms with van der Waals surface area (Å²) in [6, 6.07) is 6.51. The van der Waals surface area contributed by atoms with E-state index in [-0.39, 0.29) is 0 Å².